The maximum Gasteiger partial charge on any atom is 0.472 e. The molecule has 17 nitrogen and oxygen atoms in total. The number of esters is 4. The Morgan fingerprint density at radius 1 is 0.277 bits per heavy atom. The predicted molar refractivity (Wildman–Crippen MR) is 414 cm³/mol. The van der Waals surface area contributed by atoms with Gasteiger partial charge in [0.15, 0.2) is 12.2 Å². The first-order valence-corrected chi connectivity index (χ1v) is 45.2. The fraction of sp³-hybridized carbons (Fsp3) is 0.951. The molecular weight excluding hydrogens is 1320 g/mol. The van der Waals surface area contributed by atoms with Crippen LogP contribution in [0.2, 0.25) is 0 Å². The minimum Gasteiger partial charge on any atom is -0.462 e. The monoisotopic (exact) mass is 1480 g/mol. The largest absolute Gasteiger partial charge is 0.472 e. The third kappa shape index (κ3) is 74.7. The molecule has 0 aliphatic carbocycles. The Morgan fingerprint density at radius 2 is 0.475 bits per heavy atom. The van der Waals surface area contributed by atoms with E-state index in [-0.39, 0.29) is 25.7 Å². The number of carbonyl (C=O) groups is 4. The average molecular weight is 1480 g/mol. The standard InChI is InChI=1S/C82H160O17P2/c1-9-75(8)61-53-45-36-29-25-21-17-12-10-11-13-18-22-26-30-37-46-54-62-79(84)92-68-77(98-81(86)64-56-48-38-31-27-23-19-15-14-16-20-24-28-34-42-50-58-72(2)3)70-96-100(88,89)94-66-76(83)67-95-101(90,91)97-71-78(69-93-80(85)63-55-47-41-40-44-52-60-74(6)7)99-82(87)65-57-49-39-33-32-35-43-51-59-73(4)5/h72-78,83H,9-71H2,1-8H3,(H,88,89)(H,90,91)/t75?,76-,77-,78-/m1/s1. The number of aliphatic hydroxyl groups is 1. The van der Waals surface area contributed by atoms with Crippen LogP contribution in [0.5, 0.6) is 0 Å². The van der Waals surface area contributed by atoms with E-state index < -0.39 is 97.5 Å². The third-order valence-electron chi connectivity index (χ3n) is 19.4. The Bertz CT molecular complexity index is 1970. The lowest BCUT2D eigenvalue weighted by Gasteiger charge is -2.21. The molecule has 0 aromatic heterocycles. The summed E-state index contributed by atoms with van der Waals surface area (Å²) in [5, 5.41) is 10.6. The van der Waals surface area contributed by atoms with Crippen molar-refractivity contribution in [2.75, 3.05) is 39.6 Å². The fourth-order valence-electron chi connectivity index (χ4n) is 12.6. The van der Waals surface area contributed by atoms with Gasteiger partial charge in [0.1, 0.15) is 19.3 Å². The lowest BCUT2D eigenvalue weighted by atomic mass is 9.99. The molecule has 0 bridgehead atoms. The van der Waals surface area contributed by atoms with Crippen molar-refractivity contribution in [3.8, 4) is 0 Å². The van der Waals surface area contributed by atoms with E-state index in [9.17, 15) is 43.2 Å². The summed E-state index contributed by atoms with van der Waals surface area (Å²) in [6.45, 7) is 14.2. The highest BCUT2D eigenvalue weighted by atomic mass is 31.2. The summed E-state index contributed by atoms with van der Waals surface area (Å²) in [6, 6.07) is 0. The Morgan fingerprint density at radius 3 is 0.703 bits per heavy atom. The van der Waals surface area contributed by atoms with Crippen LogP contribution >= 0.6 is 15.6 Å². The molecule has 3 N–H and O–H groups in total. The molecular formula is C82H160O17P2. The van der Waals surface area contributed by atoms with Crippen molar-refractivity contribution in [1.82, 2.24) is 0 Å². The molecule has 0 aliphatic heterocycles. The molecule has 0 fully saturated rings. The summed E-state index contributed by atoms with van der Waals surface area (Å²) >= 11 is 0. The maximum atomic E-state index is 13.1. The average Bonchev–Trinajstić information content (AvgIpc) is 0.916. The van der Waals surface area contributed by atoms with Gasteiger partial charge in [-0.05, 0) is 49.4 Å². The minimum absolute atomic E-state index is 0.103. The van der Waals surface area contributed by atoms with Gasteiger partial charge >= 0.3 is 39.5 Å². The second kappa shape index (κ2) is 71.0. The van der Waals surface area contributed by atoms with Crippen molar-refractivity contribution >= 4 is 39.5 Å². The zero-order valence-corrected chi connectivity index (χ0v) is 68.3. The van der Waals surface area contributed by atoms with Crippen molar-refractivity contribution in [1.29, 1.82) is 0 Å². The van der Waals surface area contributed by atoms with Gasteiger partial charge in [-0.3, -0.25) is 37.3 Å². The summed E-state index contributed by atoms with van der Waals surface area (Å²) in [6.07, 6.45) is 58.7. The number of ether oxygens (including phenoxy) is 4. The Hall–Kier alpha value is -1.94. The summed E-state index contributed by atoms with van der Waals surface area (Å²) in [5.74, 6) is 0.963. The molecule has 0 spiro atoms. The van der Waals surface area contributed by atoms with Gasteiger partial charge in [-0.25, -0.2) is 9.13 Å². The van der Waals surface area contributed by atoms with Crippen molar-refractivity contribution in [2.24, 2.45) is 23.7 Å². The molecule has 600 valence electrons. The van der Waals surface area contributed by atoms with Gasteiger partial charge in [0.05, 0.1) is 26.4 Å². The molecule has 0 rings (SSSR count). The minimum atomic E-state index is -4.96. The van der Waals surface area contributed by atoms with E-state index in [2.05, 4.69) is 55.4 Å². The lowest BCUT2D eigenvalue weighted by Crippen LogP contribution is -2.30. The zero-order chi connectivity index (χ0) is 74.6. The number of carbonyl (C=O) groups excluding carboxylic acids is 4. The highest BCUT2D eigenvalue weighted by Gasteiger charge is 2.30. The molecule has 6 atom stereocenters. The summed E-state index contributed by atoms with van der Waals surface area (Å²) in [7, 11) is -9.92. The third-order valence-corrected chi connectivity index (χ3v) is 21.3. The molecule has 0 amide bonds. The van der Waals surface area contributed by atoms with Gasteiger partial charge in [-0.15, -0.1) is 0 Å². The normalized spacial score (nSPS) is 14.3. The number of unbranched alkanes of at least 4 members (excludes halogenated alkanes) is 44. The number of hydrogen-bond acceptors (Lipinski definition) is 15. The van der Waals surface area contributed by atoms with E-state index in [0.29, 0.717) is 31.6 Å². The summed E-state index contributed by atoms with van der Waals surface area (Å²) in [4.78, 5) is 72.9. The van der Waals surface area contributed by atoms with E-state index in [1.54, 1.807) is 0 Å². The summed E-state index contributed by atoms with van der Waals surface area (Å²) in [5.41, 5.74) is 0. The Balaban J connectivity index is 5.18. The Kier molecular flexibility index (Phi) is 69.6. The molecule has 0 radical (unpaired) electrons. The van der Waals surface area contributed by atoms with Gasteiger partial charge in [0, 0.05) is 25.7 Å². The number of aliphatic hydroxyl groups excluding tert-OH is 1. The van der Waals surface area contributed by atoms with E-state index in [4.69, 9.17) is 37.0 Å². The first kappa shape index (κ1) is 99.1. The van der Waals surface area contributed by atoms with Crippen molar-refractivity contribution < 1.29 is 80.2 Å². The van der Waals surface area contributed by atoms with Crippen LogP contribution in [0, 0.1) is 23.7 Å². The van der Waals surface area contributed by atoms with Crippen LogP contribution in [0.15, 0.2) is 0 Å². The van der Waals surface area contributed by atoms with Gasteiger partial charge in [0.2, 0.25) is 0 Å². The van der Waals surface area contributed by atoms with Gasteiger partial charge in [0.25, 0.3) is 0 Å². The first-order chi connectivity index (χ1) is 48.6. The predicted octanol–water partition coefficient (Wildman–Crippen LogP) is 24.4. The Labute approximate surface area is 619 Å². The second-order valence-electron chi connectivity index (χ2n) is 31.2. The van der Waals surface area contributed by atoms with Crippen LogP contribution in [0.25, 0.3) is 0 Å². The van der Waals surface area contributed by atoms with Gasteiger partial charge < -0.3 is 33.8 Å². The SMILES string of the molecule is CCC(C)CCCCCCCCCCCCCCCCCCCCC(=O)OC[C@H](COP(=O)(O)OC[C@@H](O)COP(=O)(O)OC[C@@H](COC(=O)CCCCCCCCC(C)C)OC(=O)CCCCCCCCCCC(C)C)OC(=O)CCCCCCCCCCCCCCCCCCC(C)C. The van der Waals surface area contributed by atoms with Crippen molar-refractivity contribution in [3.05, 3.63) is 0 Å². The topological polar surface area (TPSA) is 237 Å². The summed E-state index contributed by atoms with van der Waals surface area (Å²) < 4.78 is 68.6. The maximum absolute atomic E-state index is 13.1. The van der Waals surface area contributed by atoms with E-state index >= 15 is 0 Å². The quantitative estimate of drug-likeness (QED) is 0.0222. The molecule has 19 heteroatoms. The van der Waals surface area contributed by atoms with Crippen LogP contribution in [-0.2, 0) is 65.4 Å². The fourth-order valence-corrected chi connectivity index (χ4v) is 14.2. The number of hydrogen-bond donors (Lipinski definition) is 3. The molecule has 101 heavy (non-hydrogen) atoms. The van der Waals surface area contributed by atoms with Gasteiger partial charge in [-0.1, -0.05) is 370 Å². The van der Waals surface area contributed by atoms with E-state index in [0.717, 1.165) is 114 Å². The molecule has 0 heterocycles. The zero-order valence-electron chi connectivity index (χ0n) is 66.5. The molecule has 0 aromatic carbocycles. The van der Waals surface area contributed by atoms with Gasteiger partial charge in [-0.2, -0.15) is 0 Å². The molecule has 3 unspecified atom stereocenters. The van der Waals surface area contributed by atoms with Crippen LogP contribution in [0.4, 0.5) is 0 Å². The number of phosphoric ester groups is 2. The lowest BCUT2D eigenvalue weighted by molar-refractivity contribution is -0.161. The first-order valence-electron chi connectivity index (χ1n) is 42.2. The van der Waals surface area contributed by atoms with Crippen LogP contribution in [0.1, 0.15) is 421 Å². The van der Waals surface area contributed by atoms with E-state index in [1.807, 2.05) is 0 Å². The van der Waals surface area contributed by atoms with E-state index in [1.165, 1.54) is 218 Å². The van der Waals surface area contributed by atoms with Crippen molar-refractivity contribution in [3.63, 3.8) is 0 Å². The second-order valence-corrected chi connectivity index (χ2v) is 34.1. The highest BCUT2D eigenvalue weighted by Crippen LogP contribution is 2.45. The van der Waals surface area contributed by atoms with Crippen LogP contribution in [0.3, 0.4) is 0 Å². The number of phosphoric acid groups is 2. The molecule has 0 aliphatic rings. The van der Waals surface area contributed by atoms with Crippen LogP contribution in [-0.4, -0.2) is 96.7 Å². The number of rotatable bonds is 79. The molecule has 0 saturated carbocycles. The smallest absolute Gasteiger partial charge is 0.462 e. The van der Waals surface area contributed by atoms with Crippen LogP contribution < -0.4 is 0 Å². The molecule has 0 aromatic rings. The molecule has 0 saturated heterocycles. The van der Waals surface area contributed by atoms with Crippen molar-refractivity contribution in [2.45, 2.75) is 440 Å². The highest BCUT2D eigenvalue weighted by molar-refractivity contribution is 7.47.